The number of amides is 1. The molecule has 2 rings (SSSR count). The molecule has 8 heteroatoms. The van der Waals surface area contributed by atoms with E-state index in [1.54, 1.807) is 19.1 Å². The van der Waals surface area contributed by atoms with Crippen molar-refractivity contribution in [1.29, 1.82) is 0 Å². The molecule has 0 bridgehead atoms. The number of carboxylic acids is 1. The molecule has 0 saturated carbocycles. The Balaban J connectivity index is 2.17. The lowest BCUT2D eigenvalue weighted by atomic mass is 9.87. The third-order valence-electron chi connectivity index (χ3n) is 4.36. The summed E-state index contributed by atoms with van der Waals surface area (Å²) in [6.45, 7) is 7.73. The third kappa shape index (κ3) is 6.05. The Morgan fingerprint density at radius 2 is 1.66 bits per heavy atom. The van der Waals surface area contributed by atoms with Gasteiger partial charge in [-0.15, -0.1) is 0 Å². The fourth-order valence-corrected chi connectivity index (χ4v) is 3.97. The predicted molar refractivity (Wildman–Crippen MR) is 109 cm³/mol. The van der Waals surface area contributed by atoms with Gasteiger partial charge in [-0.2, -0.15) is 0 Å². The molecular weight excluding hydrogens is 392 g/mol. The van der Waals surface area contributed by atoms with Gasteiger partial charge in [0.15, 0.2) is 0 Å². The predicted octanol–water partition coefficient (Wildman–Crippen LogP) is 1.96. The van der Waals surface area contributed by atoms with E-state index in [4.69, 9.17) is 0 Å². The minimum Gasteiger partial charge on any atom is -0.550 e. The van der Waals surface area contributed by atoms with Crippen LogP contribution in [-0.2, 0) is 20.2 Å². The topological polar surface area (TPSA) is 115 Å². The second-order valence-electron chi connectivity index (χ2n) is 7.79. The zero-order valence-corrected chi connectivity index (χ0v) is 17.7. The molecule has 7 nitrogen and oxygen atoms in total. The van der Waals surface area contributed by atoms with Crippen LogP contribution in [0.2, 0.25) is 0 Å². The maximum Gasteiger partial charge on any atom is 0.262 e. The molecule has 0 heterocycles. The first-order valence-electron chi connectivity index (χ1n) is 9.12. The van der Waals surface area contributed by atoms with Gasteiger partial charge in [-0.05, 0) is 53.8 Å². The number of hydrogen-bond donors (Lipinski definition) is 2. The summed E-state index contributed by atoms with van der Waals surface area (Å²) in [6, 6.07) is 11.3. The molecule has 2 aromatic carbocycles. The number of carbonyl (C=O) groups excluding carboxylic acids is 2. The summed E-state index contributed by atoms with van der Waals surface area (Å²) >= 11 is 0. The van der Waals surface area contributed by atoms with Crippen molar-refractivity contribution in [3.63, 3.8) is 0 Å². The number of rotatable bonds is 7. The molecule has 0 unspecified atom stereocenters. The molecule has 0 fully saturated rings. The highest BCUT2D eigenvalue weighted by Crippen LogP contribution is 2.27. The molecule has 0 aliphatic carbocycles. The van der Waals surface area contributed by atoms with E-state index in [2.05, 4.69) is 10.0 Å². The Hall–Kier alpha value is -2.87. The monoisotopic (exact) mass is 417 g/mol. The first-order valence-corrected chi connectivity index (χ1v) is 10.6. The van der Waals surface area contributed by atoms with Crippen molar-refractivity contribution in [2.45, 2.75) is 44.4 Å². The summed E-state index contributed by atoms with van der Waals surface area (Å²) in [5.74, 6) is -1.70. The number of sulfonamides is 1. The SMILES string of the molecule is Cc1ccc(C(C)(C)C)cc1S(=O)(=O)Nc1ccc(C(=O)NCCC(=O)[O-])cc1. The van der Waals surface area contributed by atoms with E-state index >= 15 is 0 Å². The number of carbonyl (C=O) groups is 2. The van der Waals surface area contributed by atoms with Gasteiger partial charge in [0.05, 0.1) is 4.90 Å². The zero-order valence-electron chi connectivity index (χ0n) is 16.9. The fourth-order valence-electron chi connectivity index (χ4n) is 2.64. The Kier molecular flexibility index (Phi) is 6.69. The minimum atomic E-state index is -3.81. The minimum absolute atomic E-state index is 0.0427. The van der Waals surface area contributed by atoms with Crippen LogP contribution in [0.25, 0.3) is 0 Å². The van der Waals surface area contributed by atoms with Gasteiger partial charge in [-0.3, -0.25) is 9.52 Å². The van der Waals surface area contributed by atoms with Crippen molar-refractivity contribution < 1.29 is 23.1 Å². The summed E-state index contributed by atoms with van der Waals surface area (Å²) in [4.78, 5) is 22.5. The second kappa shape index (κ2) is 8.65. The Morgan fingerprint density at radius 1 is 1.03 bits per heavy atom. The number of anilines is 1. The number of aryl methyl sites for hydroxylation is 1. The normalized spacial score (nSPS) is 11.7. The number of hydrogen-bond acceptors (Lipinski definition) is 5. The van der Waals surface area contributed by atoms with Gasteiger partial charge in [0, 0.05) is 30.2 Å². The molecule has 0 atom stereocenters. The smallest absolute Gasteiger partial charge is 0.262 e. The molecule has 29 heavy (non-hydrogen) atoms. The maximum atomic E-state index is 12.9. The quantitative estimate of drug-likeness (QED) is 0.715. The number of nitrogens with one attached hydrogen (secondary N) is 2. The molecule has 2 aromatic rings. The van der Waals surface area contributed by atoms with Crippen LogP contribution in [0, 0.1) is 6.92 Å². The van der Waals surface area contributed by atoms with E-state index < -0.39 is 21.9 Å². The highest BCUT2D eigenvalue weighted by Gasteiger charge is 2.21. The molecule has 0 saturated heterocycles. The third-order valence-corrected chi connectivity index (χ3v) is 5.88. The first kappa shape index (κ1) is 22.4. The highest BCUT2D eigenvalue weighted by atomic mass is 32.2. The molecule has 0 aliphatic rings. The second-order valence-corrected chi connectivity index (χ2v) is 9.44. The Labute approximate surface area is 171 Å². The van der Waals surface area contributed by atoms with Crippen LogP contribution in [-0.4, -0.2) is 26.8 Å². The summed E-state index contributed by atoms with van der Waals surface area (Å²) in [5, 5.41) is 12.8. The van der Waals surface area contributed by atoms with Crippen LogP contribution in [0.5, 0.6) is 0 Å². The maximum absolute atomic E-state index is 12.9. The van der Waals surface area contributed by atoms with Crippen molar-refractivity contribution >= 4 is 27.6 Å². The molecule has 0 radical (unpaired) electrons. The zero-order chi connectivity index (χ0) is 21.8. The summed E-state index contributed by atoms with van der Waals surface area (Å²) < 4.78 is 28.3. The lowest BCUT2D eigenvalue weighted by molar-refractivity contribution is -0.305. The Bertz CT molecular complexity index is 1010. The van der Waals surface area contributed by atoms with Crippen LogP contribution < -0.4 is 15.1 Å². The van der Waals surface area contributed by atoms with E-state index in [9.17, 15) is 23.1 Å². The van der Waals surface area contributed by atoms with Crippen molar-refractivity contribution in [2.75, 3.05) is 11.3 Å². The lowest BCUT2D eigenvalue weighted by Crippen LogP contribution is -2.31. The van der Waals surface area contributed by atoms with E-state index in [0.717, 1.165) is 5.56 Å². The van der Waals surface area contributed by atoms with Crippen molar-refractivity contribution in [2.24, 2.45) is 0 Å². The van der Waals surface area contributed by atoms with E-state index in [1.165, 1.54) is 24.3 Å². The van der Waals surface area contributed by atoms with Crippen LogP contribution >= 0.6 is 0 Å². The van der Waals surface area contributed by atoms with Gasteiger partial charge in [0.25, 0.3) is 15.9 Å². The molecular formula is C21H25N2O5S-. The van der Waals surface area contributed by atoms with E-state index in [1.807, 2.05) is 26.8 Å². The van der Waals surface area contributed by atoms with Crippen molar-refractivity contribution in [3.8, 4) is 0 Å². The standard InChI is InChI=1S/C21H26N2O5S/c1-14-5-8-16(21(2,3)4)13-18(14)29(27,28)23-17-9-6-15(7-10-17)20(26)22-12-11-19(24)25/h5-10,13,23H,11-12H2,1-4H3,(H,22,26)(H,24,25)/p-1. The van der Waals surface area contributed by atoms with Gasteiger partial charge in [-0.25, -0.2) is 8.42 Å². The van der Waals surface area contributed by atoms with Crippen LogP contribution in [0.4, 0.5) is 5.69 Å². The van der Waals surface area contributed by atoms with Gasteiger partial charge in [-0.1, -0.05) is 32.9 Å². The largest absolute Gasteiger partial charge is 0.550 e. The van der Waals surface area contributed by atoms with Crippen molar-refractivity contribution in [1.82, 2.24) is 5.32 Å². The van der Waals surface area contributed by atoms with Gasteiger partial charge >= 0.3 is 0 Å². The first-order chi connectivity index (χ1) is 13.4. The summed E-state index contributed by atoms with van der Waals surface area (Å²) in [6.07, 6.45) is -0.281. The molecule has 0 spiro atoms. The van der Waals surface area contributed by atoms with Gasteiger partial charge in [0.1, 0.15) is 0 Å². The van der Waals surface area contributed by atoms with Crippen LogP contribution in [0.1, 0.15) is 48.7 Å². The molecule has 2 N–H and O–H groups in total. The molecule has 0 aliphatic heterocycles. The Morgan fingerprint density at radius 3 is 2.21 bits per heavy atom. The fraction of sp³-hybridized carbons (Fsp3) is 0.333. The number of benzene rings is 2. The van der Waals surface area contributed by atoms with Crippen LogP contribution in [0.15, 0.2) is 47.4 Å². The molecule has 156 valence electrons. The summed E-state index contributed by atoms with van der Waals surface area (Å²) in [5.41, 5.74) is 1.96. The van der Waals surface area contributed by atoms with E-state index in [-0.39, 0.29) is 28.8 Å². The average Bonchev–Trinajstić information content (AvgIpc) is 2.60. The van der Waals surface area contributed by atoms with Gasteiger partial charge in [0.2, 0.25) is 0 Å². The molecule has 1 amide bonds. The lowest BCUT2D eigenvalue weighted by Gasteiger charge is -2.21. The van der Waals surface area contributed by atoms with Gasteiger partial charge < -0.3 is 15.2 Å². The number of aliphatic carboxylic acids is 1. The van der Waals surface area contributed by atoms with E-state index in [0.29, 0.717) is 11.3 Å². The van der Waals surface area contributed by atoms with Crippen LogP contribution in [0.3, 0.4) is 0 Å². The average molecular weight is 418 g/mol. The van der Waals surface area contributed by atoms with Crippen molar-refractivity contribution in [3.05, 3.63) is 59.2 Å². The summed E-state index contributed by atoms with van der Waals surface area (Å²) in [7, 11) is -3.81. The highest BCUT2D eigenvalue weighted by molar-refractivity contribution is 7.92. The number of carboxylic acid groups (broad SMARTS) is 1. The molecule has 0 aromatic heterocycles.